The third kappa shape index (κ3) is 3.85. The smallest absolute Gasteiger partial charge is 0.0976 e. The van der Waals surface area contributed by atoms with Crippen molar-refractivity contribution < 1.29 is 0 Å². The van der Waals surface area contributed by atoms with Gasteiger partial charge in [0.25, 0.3) is 0 Å². The fourth-order valence-corrected chi connectivity index (χ4v) is 3.80. The van der Waals surface area contributed by atoms with E-state index < -0.39 is 0 Å². The highest BCUT2D eigenvalue weighted by molar-refractivity contribution is 7.11. The second-order valence-electron chi connectivity index (χ2n) is 5.99. The van der Waals surface area contributed by atoms with Crippen LogP contribution in [0, 0.1) is 0 Å². The van der Waals surface area contributed by atoms with Crippen LogP contribution in [-0.2, 0) is 13.0 Å². The molecule has 1 aromatic carbocycles. The molecular formula is C17H21ClN2S. The van der Waals surface area contributed by atoms with Crippen LogP contribution >= 0.6 is 22.9 Å². The van der Waals surface area contributed by atoms with Gasteiger partial charge in [-0.15, -0.1) is 11.3 Å². The van der Waals surface area contributed by atoms with Crippen LogP contribution in [0.5, 0.6) is 0 Å². The Bertz CT molecular complexity index is 617. The summed E-state index contributed by atoms with van der Waals surface area (Å²) >= 11 is 8.09. The molecule has 21 heavy (non-hydrogen) atoms. The zero-order valence-electron chi connectivity index (χ0n) is 12.5. The maximum Gasteiger partial charge on any atom is 0.0976 e. The number of hydrogen-bond donors (Lipinski definition) is 1. The highest BCUT2D eigenvalue weighted by atomic mass is 35.5. The van der Waals surface area contributed by atoms with Gasteiger partial charge in [-0.3, -0.25) is 0 Å². The first kappa shape index (κ1) is 15.0. The molecule has 0 amide bonds. The van der Waals surface area contributed by atoms with Crippen molar-refractivity contribution in [2.45, 2.75) is 51.6 Å². The minimum Gasteiger partial charge on any atom is -0.309 e. The Morgan fingerprint density at radius 2 is 2.10 bits per heavy atom. The lowest BCUT2D eigenvalue weighted by Crippen LogP contribution is -2.15. The van der Waals surface area contributed by atoms with Crippen LogP contribution in [0.4, 0.5) is 0 Å². The molecule has 1 N–H and O–H groups in total. The molecule has 1 heterocycles. The van der Waals surface area contributed by atoms with E-state index in [1.165, 1.54) is 28.4 Å². The van der Waals surface area contributed by atoms with E-state index >= 15 is 0 Å². The first-order chi connectivity index (χ1) is 10.1. The SMILES string of the molecule is CC(C)c1nc(Cc2ccccc2Cl)sc1CNC1CC1. The lowest BCUT2D eigenvalue weighted by molar-refractivity contribution is 0.680. The summed E-state index contributed by atoms with van der Waals surface area (Å²) in [6.07, 6.45) is 3.47. The van der Waals surface area contributed by atoms with Gasteiger partial charge in [0.05, 0.1) is 10.7 Å². The van der Waals surface area contributed by atoms with Gasteiger partial charge in [-0.1, -0.05) is 43.6 Å². The molecule has 2 nitrogen and oxygen atoms in total. The average Bonchev–Trinajstić information content (AvgIpc) is 3.19. The number of rotatable bonds is 6. The summed E-state index contributed by atoms with van der Waals surface area (Å²) in [5.74, 6) is 0.470. The van der Waals surface area contributed by atoms with Gasteiger partial charge < -0.3 is 5.32 Å². The number of halogens is 1. The van der Waals surface area contributed by atoms with Crippen LogP contribution in [0.15, 0.2) is 24.3 Å². The van der Waals surface area contributed by atoms with Crippen LogP contribution in [-0.4, -0.2) is 11.0 Å². The second kappa shape index (κ2) is 6.47. The van der Waals surface area contributed by atoms with Crippen molar-refractivity contribution in [1.82, 2.24) is 10.3 Å². The van der Waals surface area contributed by atoms with E-state index in [-0.39, 0.29) is 0 Å². The van der Waals surface area contributed by atoms with E-state index in [4.69, 9.17) is 16.6 Å². The number of nitrogens with zero attached hydrogens (tertiary/aromatic N) is 1. The maximum absolute atomic E-state index is 6.26. The largest absolute Gasteiger partial charge is 0.309 e. The lowest BCUT2D eigenvalue weighted by atomic mass is 10.1. The summed E-state index contributed by atoms with van der Waals surface area (Å²) in [6.45, 7) is 5.39. The topological polar surface area (TPSA) is 24.9 Å². The summed E-state index contributed by atoms with van der Waals surface area (Å²) in [5.41, 5.74) is 2.40. The van der Waals surface area contributed by atoms with Crippen molar-refractivity contribution >= 4 is 22.9 Å². The zero-order chi connectivity index (χ0) is 14.8. The van der Waals surface area contributed by atoms with Crippen LogP contribution in [0.3, 0.4) is 0 Å². The molecule has 0 saturated heterocycles. The Kier molecular flexibility index (Phi) is 4.63. The Labute approximate surface area is 135 Å². The molecule has 112 valence electrons. The monoisotopic (exact) mass is 320 g/mol. The molecule has 0 atom stereocenters. The molecule has 0 radical (unpaired) electrons. The van der Waals surface area contributed by atoms with Gasteiger partial charge >= 0.3 is 0 Å². The van der Waals surface area contributed by atoms with Crippen molar-refractivity contribution in [3.8, 4) is 0 Å². The highest BCUT2D eigenvalue weighted by Crippen LogP contribution is 2.29. The molecule has 1 aliphatic rings. The van der Waals surface area contributed by atoms with Crippen molar-refractivity contribution in [2.75, 3.05) is 0 Å². The van der Waals surface area contributed by atoms with Crippen molar-refractivity contribution in [1.29, 1.82) is 0 Å². The van der Waals surface area contributed by atoms with E-state index in [0.29, 0.717) is 5.92 Å². The van der Waals surface area contributed by atoms with Crippen LogP contribution in [0.2, 0.25) is 5.02 Å². The standard InChI is InChI=1S/C17H21ClN2S/c1-11(2)17-15(10-19-13-7-8-13)21-16(20-17)9-12-5-3-4-6-14(12)18/h3-6,11,13,19H,7-10H2,1-2H3. The fraction of sp³-hybridized carbons (Fsp3) is 0.471. The fourth-order valence-electron chi connectivity index (χ4n) is 2.40. The van der Waals surface area contributed by atoms with Crippen LogP contribution in [0.25, 0.3) is 0 Å². The normalized spacial score (nSPS) is 14.9. The Hall–Kier alpha value is -0.900. The third-order valence-corrected chi connectivity index (χ3v) is 5.19. The molecule has 0 aliphatic heterocycles. The minimum absolute atomic E-state index is 0.470. The van der Waals surface area contributed by atoms with Gasteiger partial charge in [0.1, 0.15) is 0 Å². The van der Waals surface area contributed by atoms with Crippen molar-refractivity contribution in [3.63, 3.8) is 0 Å². The van der Waals surface area contributed by atoms with Gasteiger partial charge in [0.2, 0.25) is 0 Å². The molecular weight excluding hydrogens is 300 g/mol. The first-order valence-corrected chi connectivity index (χ1v) is 8.78. The number of hydrogen-bond acceptors (Lipinski definition) is 3. The molecule has 4 heteroatoms. The summed E-state index contributed by atoms with van der Waals surface area (Å²) in [6, 6.07) is 8.77. The number of benzene rings is 1. The second-order valence-corrected chi connectivity index (χ2v) is 7.57. The predicted octanol–water partition coefficient (Wildman–Crippen LogP) is 4.76. The molecule has 1 aromatic heterocycles. The molecule has 2 aromatic rings. The lowest BCUT2D eigenvalue weighted by Gasteiger charge is -2.05. The Balaban J connectivity index is 1.78. The maximum atomic E-state index is 6.26. The first-order valence-electron chi connectivity index (χ1n) is 7.58. The summed E-state index contributed by atoms with van der Waals surface area (Å²) < 4.78 is 0. The molecule has 3 rings (SSSR count). The third-order valence-electron chi connectivity index (χ3n) is 3.75. The molecule has 0 spiro atoms. The summed E-state index contributed by atoms with van der Waals surface area (Å²) in [7, 11) is 0. The predicted molar refractivity (Wildman–Crippen MR) is 90.3 cm³/mol. The van der Waals surface area contributed by atoms with E-state index in [1.54, 1.807) is 0 Å². The van der Waals surface area contributed by atoms with Crippen molar-refractivity contribution in [2.24, 2.45) is 0 Å². The highest BCUT2D eigenvalue weighted by Gasteiger charge is 2.22. The zero-order valence-corrected chi connectivity index (χ0v) is 14.1. The molecule has 0 bridgehead atoms. The Morgan fingerprint density at radius 3 is 2.76 bits per heavy atom. The van der Waals surface area contributed by atoms with E-state index in [1.807, 2.05) is 29.5 Å². The van der Waals surface area contributed by atoms with Gasteiger partial charge in [0, 0.05) is 28.9 Å². The van der Waals surface area contributed by atoms with Crippen molar-refractivity contribution in [3.05, 3.63) is 50.4 Å². The molecule has 1 aliphatic carbocycles. The summed E-state index contributed by atoms with van der Waals surface area (Å²) in [5, 5.41) is 5.60. The quantitative estimate of drug-likeness (QED) is 0.829. The van der Waals surface area contributed by atoms with E-state index in [9.17, 15) is 0 Å². The van der Waals surface area contributed by atoms with Gasteiger partial charge in [-0.05, 0) is 30.4 Å². The van der Waals surface area contributed by atoms with E-state index in [2.05, 4.69) is 25.2 Å². The number of nitrogens with one attached hydrogen (secondary N) is 1. The van der Waals surface area contributed by atoms with E-state index in [0.717, 1.165) is 29.6 Å². The molecule has 1 saturated carbocycles. The summed E-state index contributed by atoms with van der Waals surface area (Å²) in [4.78, 5) is 6.25. The minimum atomic E-state index is 0.470. The molecule has 0 unspecified atom stereocenters. The van der Waals surface area contributed by atoms with Crippen LogP contribution < -0.4 is 5.32 Å². The van der Waals surface area contributed by atoms with Gasteiger partial charge in [-0.25, -0.2) is 4.98 Å². The van der Waals surface area contributed by atoms with Gasteiger partial charge in [-0.2, -0.15) is 0 Å². The average molecular weight is 321 g/mol. The van der Waals surface area contributed by atoms with Gasteiger partial charge in [0.15, 0.2) is 0 Å². The Morgan fingerprint density at radius 1 is 1.33 bits per heavy atom. The number of thiazole rings is 1. The number of aromatic nitrogens is 1. The molecule has 1 fully saturated rings. The van der Waals surface area contributed by atoms with Crippen LogP contribution in [0.1, 0.15) is 53.7 Å².